The highest BCUT2D eigenvalue weighted by molar-refractivity contribution is 9.10. The Kier molecular flexibility index (Phi) is 4.81. The predicted octanol–water partition coefficient (Wildman–Crippen LogP) is 4.11. The fraction of sp³-hybridized carbons (Fsp3) is 0.143. The lowest BCUT2D eigenvalue weighted by atomic mass is 9.98. The van der Waals surface area contributed by atoms with Crippen LogP contribution >= 0.6 is 15.9 Å². The van der Waals surface area contributed by atoms with E-state index in [4.69, 9.17) is 9.15 Å². The molecule has 1 aliphatic heterocycles. The number of fused-ring (bicyclic) bond motifs is 1. The molecule has 2 heterocycles. The van der Waals surface area contributed by atoms with Gasteiger partial charge in [0.1, 0.15) is 11.5 Å². The molecule has 27 heavy (non-hydrogen) atoms. The SMILES string of the molecule is O=C1O[C@@H](C(=O)NCc2ccc(-c3ccc(Br)cc3)o2)Cc2ccccc21. The fourth-order valence-electron chi connectivity index (χ4n) is 3.01. The number of nitrogens with one attached hydrogen (secondary N) is 1. The third kappa shape index (κ3) is 3.80. The van der Waals surface area contributed by atoms with Gasteiger partial charge < -0.3 is 14.5 Å². The van der Waals surface area contributed by atoms with Crippen LogP contribution in [0.15, 0.2) is 69.6 Å². The molecule has 0 radical (unpaired) electrons. The van der Waals surface area contributed by atoms with E-state index in [0.29, 0.717) is 17.7 Å². The van der Waals surface area contributed by atoms with Crippen molar-refractivity contribution in [2.75, 3.05) is 0 Å². The Hall–Kier alpha value is -2.86. The molecule has 0 aliphatic carbocycles. The third-order valence-electron chi connectivity index (χ3n) is 4.41. The molecule has 0 fully saturated rings. The minimum Gasteiger partial charge on any atom is -0.459 e. The zero-order chi connectivity index (χ0) is 18.8. The average Bonchev–Trinajstić information content (AvgIpc) is 3.15. The number of carbonyl (C=O) groups excluding carboxylic acids is 2. The summed E-state index contributed by atoms with van der Waals surface area (Å²) >= 11 is 3.40. The summed E-state index contributed by atoms with van der Waals surface area (Å²) in [6.45, 7) is 0.227. The van der Waals surface area contributed by atoms with E-state index in [1.54, 1.807) is 12.1 Å². The lowest BCUT2D eigenvalue weighted by Gasteiger charge is -2.23. The molecule has 0 bridgehead atoms. The minimum atomic E-state index is -0.826. The topological polar surface area (TPSA) is 68.5 Å². The van der Waals surface area contributed by atoms with Crippen LogP contribution in [-0.2, 0) is 22.5 Å². The number of amides is 1. The molecule has 1 aromatic heterocycles. The van der Waals surface area contributed by atoms with E-state index in [1.165, 1.54) is 0 Å². The van der Waals surface area contributed by atoms with Gasteiger partial charge in [-0.1, -0.05) is 46.3 Å². The first-order valence-electron chi connectivity index (χ1n) is 8.51. The zero-order valence-corrected chi connectivity index (χ0v) is 15.9. The van der Waals surface area contributed by atoms with E-state index < -0.39 is 12.1 Å². The lowest BCUT2D eigenvalue weighted by Crippen LogP contribution is -2.41. The summed E-state index contributed by atoms with van der Waals surface area (Å²) in [6, 6.07) is 18.6. The molecule has 6 heteroatoms. The molecule has 1 atom stereocenters. The summed E-state index contributed by atoms with van der Waals surface area (Å²) in [5.41, 5.74) is 2.30. The quantitative estimate of drug-likeness (QED) is 0.638. The van der Waals surface area contributed by atoms with Gasteiger partial charge in [-0.2, -0.15) is 0 Å². The number of furan rings is 1. The molecule has 0 spiro atoms. The fourth-order valence-corrected chi connectivity index (χ4v) is 3.27. The second-order valence-electron chi connectivity index (χ2n) is 6.25. The van der Waals surface area contributed by atoms with Crippen molar-refractivity contribution >= 4 is 27.8 Å². The first-order valence-corrected chi connectivity index (χ1v) is 9.31. The van der Waals surface area contributed by atoms with Crippen LogP contribution in [0.4, 0.5) is 0 Å². The van der Waals surface area contributed by atoms with Gasteiger partial charge >= 0.3 is 5.97 Å². The standard InChI is InChI=1S/C21H16BrNO4/c22-15-7-5-13(6-8-15)18-10-9-16(26-18)12-23-20(24)19-11-14-3-1-2-4-17(14)21(25)27-19/h1-10,19H,11-12H2,(H,23,24)/t19-/m1/s1. The Bertz CT molecular complexity index is 993. The minimum absolute atomic E-state index is 0.227. The second kappa shape index (κ2) is 7.40. The van der Waals surface area contributed by atoms with Gasteiger partial charge in [-0.15, -0.1) is 0 Å². The first kappa shape index (κ1) is 17.5. The number of rotatable bonds is 4. The van der Waals surface area contributed by atoms with Crippen molar-refractivity contribution in [1.82, 2.24) is 5.32 Å². The Labute approximate surface area is 164 Å². The molecular formula is C21H16BrNO4. The van der Waals surface area contributed by atoms with Gasteiger partial charge in [-0.25, -0.2) is 4.79 Å². The molecule has 2 aromatic carbocycles. The van der Waals surface area contributed by atoms with Crippen molar-refractivity contribution in [3.05, 3.63) is 82.0 Å². The summed E-state index contributed by atoms with van der Waals surface area (Å²) in [6.07, 6.45) is -0.455. The van der Waals surface area contributed by atoms with Crippen molar-refractivity contribution in [1.29, 1.82) is 0 Å². The van der Waals surface area contributed by atoms with Gasteiger partial charge in [-0.3, -0.25) is 4.79 Å². The van der Waals surface area contributed by atoms with E-state index in [-0.39, 0.29) is 12.5 Å². The maximum Gasteiger partial charge on any atom is 0.339 e. The molecular weight excluding hydrogens is 410 g/mol. The van der Waals surface area contributed by atoms with Crippen LogP contribution in [0.3, 0.4) is 0 Å². The second-order valence-corrected chi connectivity index (χ2v) is 7.16. The van der Waals surface area contributed by atoms with Gasteiger partial charge in [0, 0.05) is 16.5 Å². The number of hydrogen-bond donors (Lipinski definition) is 1. The summed E-state index contributed by atoms with van der Waals surface area (Å²) in [4.78, 5) is 24.4. The molecule has 5 nitrogen and oxygen atoms in total. The van der Waals surface area contributed by atoms with Gasteiger partial charge in [0.25, 0.3) is 5.91 Å². The number of benzene rings is 2. The Morgan fingerprint density at radius 1 is 1.07 bits per heavy atom. The molecule has 1 aliphatic rings. The van der Waals surface area contributed by atoms with Crippen molar-refractivity contribution in [3.8, 4) is 11.3 Å². The average molecular weight is 426 g/mol. The van der Waals surface area contributed by atoms with Crippen LogP contribution < -0.4 is 5.32 Å². The summed E-state index contributed by atoms with van der Waals surface area (Å²) in [5.74, 6) is 0.556. The largest absolute Gasteiger partial charge is 0.459 e. The highest BCUT2D eigenvalue weighted by Crippen LogP contribution is 2.24. The molecule has 1 amide bonds. The molecule has 136 valence electrons. The van der Waals surface area contributed by atoms with Crippen molar-refractivity contribution in [2.24, 2.45) is 0 Å². The zero-order valence-electron chi connectivity index (χ0n) is 14.3. The number of esters is 1. The summed E-state index contributed by atoms with van der Waals surface area (Å²) in [7, 11) is 0. The van der Waals surface area contributed by atoms with Crippen LogP contribution in [0.5, 0.6) is 0 Å². The van der Waals surface area contributed by atoms with Gasteiger partial charge in [0.15, 0.2) is 6.10 Å². The maximum atomic E-state index is 12.4. The Balaban J connectivity index is 1.39. The lowest BCUT2D eigenvalue weighted by molar-refractivity contribution is -0.130. The van der Waals surface area contributed by atoms with Crippen LogP contribution in [-0.4, -0.2) is 18.0 Å². The van der Waals surface area contributed by atoms with Crippen molar-refractivity contribution in [3.63, 3.8) is 0 Å². The monoisotopic (exact) mass is 425 g/mol. The Morgan fingerprint density at radius 2 is 1.85 bits per heavy atom. The van der Waals surface area contributed by atoms with Crippen LogP contribution in [0.2, 0.25) is 0 Å². The molecule has 1 N–H and O–H groups in total. The number of hydrogen-bond acceptors (Lipinski definition) is 4. The molecule has 0 saturated carbocycles. The molecule has 3 aromatic rings. The van der Waals surface area contributed by atoms with Gasteiger partial charge in [0.2, 0.25) is 0 Å². The van der Waals surface area contributed by atoms with E-state index in [0.717, 1.165) is 21.4 Å². The third-order valence-corrected chi connectivity index (χ3v) is 4.94. The molecule has 4 rings (SSSR count). The van der Waals surface area contributed by atoms with Crippen molar-refractivity contribution in [2.45, 2.75) is 19.1 Å². The van der Waals surface area contributed by atoms with E-state index in [9.17, 15) is 9.59 Å². The van der Waals surface area contributed by atoms with E-state index >= 15 is 0 Å². The van der Waals surface area contributed by atoms with Gasteiger partial charge in [-0.05, 0) is 35.9 Å². The molecule has 0 saturated heterocycles. The van der Waals surface area contributed by atoms with E-state index in [2.05, 4.69) is 21.2 Å². The summed E-state index contributed by atoms with van der Waals surface area (Å²) < 4.78 is 12.0. The van der Waals surface area contributed by atoms with E-state index in [1.807, 2.05) is 48.5 Å². The highest BCUT2D eigenvalue weighted by atomic mass is 79.9. The number of ether oxygens (including phenoxy) is 1. The summed E-state index contributed by atoms with van der Waals surface area (Å²) in [5, 5.41) is 2.78. The van der Waals surface area contributed by atoms with Crippen molar-refractivity contribution < 1.29 is 18.7 Å². The molecule has 0 unspecified atom stereocenters. The predicted molar refractivity (Wildman–Crippen MR) is 103 cm³/mol. The van der Waals surface area contributed by atoms with Crippen LogP contribution in [0, 0.1) is 0 Å². The normalized spacial score (nSPS) is 15.7. The van der Waals surface area contributed by atoms with Crippen LogP contribution in [0.1, 0.15) is 21.7 Å². The maximum absolute atomic E-state index is 12.4. The number of halogens is 1. The number of cyclic esters (lactones) is 1. The van der Waals surface area contributed by atoms with Gasteiger partial charge in [0.05, 0.1) is 12.1 Å². The smallest absolute Gasteiger partial charge is 0.339 e. The Morgan fingerprint density at radius 3 is 2.67 bits per heavy atom. The highest BCUT2D eigenvalue weighted by Gasteiger charge is 2.30. The number of carbonyl (C=O) groups is 2. The first-order chi connectivity index (χ1) is 13.1. The van der Waals surface area contributed by atoms with Crippen LogP contribution in [0.25, 0.3) is 11.3 Å².